The van der Waals surface area contributed by atoms with Crippen molar-refractivity contribution in [2.75, 3.05) is 19.8 Å². The minimum atomic E-state index is 0.137. The first-order valence-corrected chi connectivity index (χ1v) is 8.51. The summed E-state index contributed by atoms with van der Waals surface area (Å²) in [6.45, 7) is 2.52. The lowest BCUT2D eigenvalue weighted by Crippen LogP contribution is -2.45. The van der Waals surface area contributed by atoms with Crippen molar-refractivity contribution >= 4 is 6.03 Å². The van der Waals surface area contributed by atoms with E-state index < -0.39 is 0 Å². The first-order valence-electron chi connectivity index (χ1n) is 8.51. The Kier molecular flexibility index (Phi) is 3.78. The van der Waals surface area contributed by atoms with E-state index in [4.69, 9.17) is 4.74 Å². The molecule has 3 atom stereocenters. The number of carbonyl (C=O) groups excluding carboxylic acids is 1. The topological polar surface area (TPSA) is 41.6 Å². The molecule has 118 valence electrons. The molecule has 4 nitrogen and oxygen atoms in total. The Morgan fingerprint density at radius 2 is 2.05 bits per heavy atom. The number of rotatable bonds is 5. The van der Waals surface area contributed by atoms with E-state index in [2.05, 4.69) is 34.5 Å². The molecule has 1 aromatic rings. The van der Waals surface area contributed by atoms with E-state index >= 15 is 0 Å². The molecule has 2 aliphatic carbocycles. The predicted octanol–water partition coefficient (Wildman–Crippen LogP) is 2.75. The van der Waals surface area contributed by atoms with E-state index in [9.17, 15) is 4.79 Å². The summed E-state index contributed by atoms with van der Waals surface area (Å²) in [4.78, 5) is 14.7. The van der Waals surface area contributed by atoms with Gasteiger partial charge < -0.3 is 15.0 Å². The molecule has 22 heavy (non-hydrogen) atoms. The van der Waals surface area contributed by atoms with Crippen molar-refractivity contribution in [2.45, 2.75) is 43.7 Å². The third-order valence-corrected chi connectivity index (χ3v) is 5.05. The van der Waals surface area contributed by atoms with Gasteiger partial charge in [-0.15, -0.1) is 0 Å². The van der Waals surface area contributed by atoms with Crippen LogP contribution in [0.25, 0.3) is 0 Å². The van der Waals surface area contributed by atoms with Gasteiger partial charge in [0.05, 0.1) is 6.61 Å². The van der Waals surface area contributed by atoms with Crippen LogP contribution in [0.15, 0.2) is 30.3 Å². The summed E-state index contributed by atoms with van der Waals surface area (Å²) < 4.78 is 5.45. The van der Waals surface area contributed by atoms with Crippen molar-refractivity contribution in [1.82, 2.24) is 10.2 Å². The van der Waals surface area contributed by atoms with Gasteiger partial charge in [0.15, 0.2) is 0 Å². The molecule has 1 saturated heterocycles. The number of hydrogen-bond donors (Lipinski definition) is 1. The third-order valence-electron chi connectivity index (χ3n) is 5.05. The normalized spacial score (nSPS) is 30.1. The number of nitrogens with zero attached hydrogens (tertiary/aromatic N) is 1. The van der Waals surface area contributed by atoms with Crippen LogP contribution in [0, 0.1) is 5.92 Å². The second-order valence-electron chi connectivity index (χ2n) is 6.92. The van der Waals surface area contributed by atoms with Crippen LogP contribution >= 0.6 is 0 Å². The summed E-state index contributed by atoms with van der Waals surface area (Å²) in [6, 6.07) is 11.4. The van der Waals surface area contributed by atoms with E-state index in [1.165, 1.54) is 5.56 Å². The number of hydrogen-bond acceptors (Lipinski definition) is 2. The Morgan fingerprint density at radius 3 is 2.73 bits per heavy atom. The van der Waals surface area contributed by atoms with Crippen molar-refractivity contribution in [3.8, 4) is 0 Å². The fraction of sp³-hybridized carbons (Fsp3) is 0.611. The molecule has 1 aliphatic heterocycles. The fourth-order valence-electron chi connectivity index (χ4n) is 3.45. The maximum Gasteiger partial charge on any atom is 0.317 e. The van der Waals surface area contributed by atoms with Gasteiger partial charge >= 0.3 is 6.03 Å². The summed E-state index contributed by atoms with van der Waals surface area (Å²) in [5.41, 5.74) is 1.34. The van der Waals surface area contributed by atoms with Crippen LogP contribution in [-0.2, 0) is 4.74 Å². The lowest BCUT2D eigenvalue weighted by molar-refractivity contribution is 0.162. The van der Waals surface area contributed by atoms with Gasteiger partial charge in [0.2, 0.25) is 0 Å². The quantitative estimate of drug-likeness (QED) is 0.908. The first kappa shape index (κ1) is 14.1. The number of nitrogens with one attached hydrogen (secondary N) is 1. The Bertz CT molecular complexity index is 523. The van der Waals surface area contributed by atoms with Crippen LogP contribution < -0.4 is 5.32 Å². The molecular weight excluding hydrogens is 276 g/mol. The number of benzene rings is 1. The summed E-state index contributed by atoms with van der Waals surface area (Å²) in [5.74, 6) is 1.02. The second-order valence-corrected chi connectivity index (χ2v) is 6.92. The Hall–Kier alpha value is -1.55. The number of urea groups is 1. The Morgan fingerprint density at radius 1 is 1.23 bits per heavy atom. The van der Waals surface area contributed by atoms with Crippen LogP contribution in [0.4, 0.5) is 4.79 Å². The van der Waals surface area contributed by atoms with E-state index in [-0.39, 0.29) is 6.03 Å². The van der Waals surface area contributed by atoms with Crippen LogP contribution in [0.5, 0.6) is 0 Å². The van der Waals surface area contributed by atoms with Crippen molar-refractivity contribution in [3.63, 3.8) is 0 Å². The van der Waals surface area contributed by atoms with E-state index in [0.29, 0.717) is 23.9 Å². The highest BCUT2D eigenvalue weighted by atomic mass is 16.5. The van der Waals surface area contributed by atoms with Gasteiger partial charge in [-0.2, -0.15) is 0 Å². The maximum atomic E-state index is 12.6. The largest absolute Gasteiger partial charge is 0.381 e. The molecule has 1 heterocycles. The number of ether oxygens (including phenoxy) is 1. The molecule has 3 aliphatic rings. The minimum absolute atomic E-state index is 0.137. The van der Waals surface area contributed by atoms with Crippen molar-refractivity contribution in [2.24, 2.45) is 5.92 Å². The maximum absolute atomic E-state index is 12.6. The second kappa shape index (κ2) is 5.92. The van der Waals surface area contributed by atoms with Gasteiger partial charge in [-0.25, -0.2) is 4.79 Å². The molecule has 2 amide bonds. The van der Waals surface area contributed by atoms with Crippen LogP contribution in [-0.4, -0.2) is 42.8 Å². The van der Waals surface area contributed by atoms with Crippen molar-refractivity contribution < 1.29 is 9.53 Å². The zero-order chi connectivity index (χ0) is 14.9. The molecule has 1 N–H and O–H groups in total. The summed E-state index contributed by atoms with van der Waals surface area (Å²) in [7, 11) is 0. The molecular formula is C18H24N2O2. The highest BCUT2D eigenvalue weighted by molar-refractivity contribution is 5.76. The average Bonchev–Trinajstić information content (AvgIpc) is 3.46. The van der Waals surface area contributed by atoms with Crippen molar-refractivity contribution in [1.29, 1.82) is 0 Å². The Labute approximate surface area is 131 Å². The minimum Gasteiger partial charge on any atom is -0.381 e. The molecule has 4 heteroatoms. The van der Waals surface area contributed by atoms with E-state index in [1.807, 2.05) is 6.07 Å². The highest BCUT2D eigenvalue weighted by Crippen LogP contribution is 2.41. The molecule has 0 spiro atoms. The summed E-state index contributed by atoms with van der Waals surface area (Å²) >= 11 is 0. The van der Waals surface area contributed by atoms with Crippen LogP contribution in [0.3, 0.4) is 0 Å². The zero-order valence-corrected chi connectivity index (χ0v) is 12.9. The van der Waals surface area contributed by atoms with Gasteiger partial charge in [0.1, 0.15) is 0 Å². The van der Waals surface area contributed by atoms with Gasteiger partial charge in [0.25, 0.3) is 0 Å². The monoisotopic (exact) mass is 300 g/mol. The smallest absolute Gasteiger partial charge is 0.317 e. The fourth-order valence-corrected chi connectivity index (χ4v) is 3.45. The first-order chi connectivity index (χ1) is 10.8. The molecule has 0 bridgehead atoms. The predicted molar refractivity (Wildman–Crippen MR) is 84.8 cm³/mol. The third kappa shape index (κ3) is 3.12. The van der Waals surface area contributed by atoms with E-state index in [0.717, 1.165) is 45.4 Å². The average molecular weight is 300 g/mol. The van der Waals surface area contributed by atoms with Gasteiger partial charge in [-0.1, -0.05) is 30.3 Å². The van der Waals surface area contributed by atoms with Crippen LogP contribution in [0.2, 0.25) is 0 Å². The Balaban J connectivity index is 1.32. The van der Waals surface area contributed by atoms with Gasteiger partial charge in [-0.05, 0) is 31.2 Å². The summed E-state index contributed by atoms with van der Waals surface area (Å²) in [6.07, 6.45) is 4.48. The standard InChI is InChI=1S/C18H24N2O2/c21-18(19-17-10-16(17)14-4-2-1-3-5-14)20(15-6-7-15)11-13-8-9-22-12-13/h1-5,13,15-17H,6-12H2,(H,19,21). The molecule has 1 aromatic carbocycles. The molecule has 3 unspecified atom stereocenters. The van der Waals surface area contributed by atoms with Gasteiger partial charge in [0, 0.05) is 37.1 Å². The SMILES string of the molecule is O=C(NC1CC1c1ccccc1)N(CC1CCOC1)C1CC1. The highest BCUT2D eigenvalue weighted by Gasteiger charge is 2.42. The van der Waals surface area contributed by atoms with E-state index in [1.54, 1.807) is 0 Å². The van der Waals surface area contributed by atoms with Crippen molar-refractivity contribution in [3.05, 3.63) is 35.9 Å². The zero-order valence-electron chi connectivity index (χ0n) is 12.9. The lowest BCUT2D eigenvalue weighted by atomic mass is 10.1. The molecule has 0 aromatic heterocycles. The molecule has 3 fully saturated rings. The summed E-state index contributed by atoms with van der Waals surface area (Å²) in [5, 5.41) is 3.24. The van der Waals surface area contributed by atoms with Gasteiger partial charge in [-0.3, -0.25) is 0 Å². The lowest BCUT2D eigenvalue weighted by Gasteiger charge is -2.25. The molecule has 4 rings (SSSR count). The number of amides is 2. The molecule has 0 radical (unpaired) electrons. The molecule has 2 saturated carbocycles. The number of carbonyl (C=O) groups is 1. The van der Waals surface area contributed by atoms with Crippen LogP contribution in [0.1, 0.15) is 37.2 Å².